The van der Waals surface area contributed by atoms with Gasteiger partial charge in [0.05, 0.1) is 0 Å². The molecule has 0 nitrogen and oxygen atoms in total. The van der Waals surface area contributed by atoms with Crippen LogP contribution in [0.5, 0.6) is 0 Å². The Morgan fingerprint density at radius 2 is 1.79 bits per heavy atom. The van der Waals surface area contributed by atoms with Crippen molar-refractivity contribution in [2.45, 2.75) is 58.8 Å². The molecule has 0 aromatic heterocycles. The average Bonchev–Trinajstić information content (AvgIpc) is 2.61. The molecule has 130 valence electrons. The predicted octanol–water partition coefficient (Wildman–Crippen LogP) is 6.84. The lowest BCUT2D eigenvalue weighted by atomic mass is 9.72. The first-order valence-electron chi connectivity index (χ1n) is 9.43. The zero-order valence-corrected chi connectivity index (χ0v) is 14.8. The van der Waals surface area contributed by atoms with Crippen molar-refractivity contribution in [1.82, 2.24) is 0 Å². The van der Waals surface area contributed by atoms with Gasteiger partial charge in [-0.1, -0.05) is 63.0 Å². The van der Waals surface area contributed by atoms with Crippen molar-refractivity contribution in [1.29, 1.82) is 0 Å². The Morgan fingerprint density at radius 1 is 1.04 bits per heavy atom. The van der Waals surface area contributed by atoms with Crippen LogP contribution in [0.3, 0.4) is 0 Å². The van der Waals surface area contributed by atoms with E-state index >= 15 is 0 Å². The van der Waals surface area contributed by atoms with Crippen LogP contribution in [0.2, 0.25) is 0 Å². The number of halogens is 2. The molecule has 0 bridgehead atoms. The summed E-state index contributed by atoms with van der Waals surface area (Å²) in [5.41, 5.74) is 1.57. The maximum atomic E-state index is 14.2. The number of allylic oxidation sites excluding steroid dienone is 4. The Balaban J connectivity index is 1.63. The van der Waals surface area contributed by atoms with E-state index in [0.717, 1.165) is 23.8 Å². The smallest absolute Gasteiger partial charge is 0.166 e. The summed E-state index contributed by atoms with van der Waals surface area (Å²) < 4.78 is 28.0. The van der Waals surface area contributed by atoms with Crippen molar-refractivity contribution >= 4 is 5.57 Å². The molecule has 3 rings (SSSR count). The fourth-order valence-electron chi connectivity index (χ4n) is 4.37. The molecule has 0 amide bonds. The predicted molar refractivity (Wildman–Crippen MR) is 96.7 cm³/mol. The van der Waals surface area contributed by atoms with Crippen LogP contribution in [0.4, 0.5) is 8.78 Å². The Kier molecular flexibility index (Phi) is 5.53. The highest BCUT2D eigenvalue weighted by atomic mass is 19.2. The van der Waals surface area contributed by atoms with Crippen molar-refractivity contribution in [2.24, 2.45) is 17.8 Å². The minimum atomic E-state index is -0.724. The first-order chi connectivity index (χ1) is 11.6. The summed E-state index contributed by atoms with van der Waals surface area (Å²) in [5.74, 6) is 0.804. The summed E-state index contributed by atoms with van der Waals surface area (Å²) in [7, 11) is 0. The molecule has 0 radical (unpaired) electrons. The van der Waals surface area contributed by atoms with Gasteiger partial charge in [0.2, 0.25) is 0 Å². The summed E-state index contributed by atoms with van der Waals surface area (Å²) >= 11 is 0. The quantitative estimate of drug-likeness (QED) is 0.567. The molecule has 1 unspecified atom stereocenters. The van der Waals surface area contributed by atoms with Gasteiger partial charge in [0.1, 0.15) is 0 Å². The lowest BCUT2D eigenvalue weighted by Gasteiger charge is -2.33. The molecule has 1 fully saturated rings. The van der Waals surface area contributed by atoms with Crippen molar-refractivity contribution < 1.29 is 8.78 Å². The molecule has 1 aromatic carbocycles. The summed E-state index contributed by atoms with van der Waals surface area (Å²) in [6.07, 6.45) is 15.3. The molecule has 0 heterocycles. The first kappa shape index (κ1) is 17.4. The normalized spacial score (nSPS) is 27.2. The van der Waals surface area contributed by atoms with E-state index < -0.39 is 11.6 Å². The Hall–Kier alpha value is -1.44. The highest BCUT2D eigenvalue weighted by Crippen LogP contribution is 2.39. The van der Waals surface area contributed by atoms with E-state index in [0.29, 0.717) is 17.0 Å². The Bertz CT molecular complexity index is 634. The van der Waals surface area contributed by atoms with Gasteiger partial charge in [-0.15, -0.1) is 0 Å². The van der Waals surface area contributed by atoms with Gasteiger partial charge in [-0.2, -0.15) is 0 Å². The third kappa shape index (κ3) is 3.63. The van der Waals surface area contributed by atoms with Gasteiger partial charge in [-0.3, -0.25) is 0 Å². The van der Waals surface area contributed by atoms with E-state index in [-0.39, 0.29) is 0 Å². The summed E-state index contributed by atoms with van der Waals surface area (Å²) in [6.45, 7) is 3.87. The van der Waals surface area contributed by atoms with Gasteiger partial charge >= 0.3 is 0 Å². The molecule has 2 heteroatoms. The van der Waals surface area contributed by atoms with Crippen LogP contribution < -0.4 is 0 Å². The highest BCUT2D eigenvalue weighted by Gasteiger charge is 2.27. The van der Waals surface area contributed by atoms with Crippen LogP contribution in [0.25, 0.3) is 5.57 Å². The van der Waals surface area contributed by atoms with Crippen LogP contribution in [-0.2, 0) is 0 Å². The topological polar surface area (TPSA) is 0 Å². The SMILES string of the molecule is CCCC1CCC(C2C=CC(c3ccc(C)c(F)c3F)=CC2)CC1. The van der Waals surface area contributed by atoms with E-state index in [1.54, 1.807) is 19.1 Å². The van der Waals surface area contributed by atoms with Crippen LogP contribution in [0, 0.1) is 36.3 Å². The lowest BCUT2D eigenvalue weighted by Crippen LogP contribution is -2.21. The van der Waals surface area contributed by atoms with Crippen molar-refractivity contribution in [2.75, 3.05) is 0 Å². The van der Waals surface area contributed by atoms with Gasteiger partial charge in [0, 0.05) is 5.56 Å². The molecular weight excluding hydrogens is 302 g/mol. The van der Waals surface area contributed by atoms with Crippen LogP contribution in [-0.4, -0.2) is 0 Å². The van der Waals surface area contributed by atoms with Gasteiger partial charge in [0.15, 0.2) is 11.6 Å². The fraction of sp³-hybridized carbons (Fsp3) is 0.545. The number of hydrogen-bond donors (Lipinski definition) is 0. The molecule has 1 aromatic rings. The minimum Gasteiger partial charge on any atom is -0.203 e. The van der Waals surface area contributed by atoms with Gasteiger partial charge in [-0.05, 0) is 55.1 Å². The molecule has 24 heavy (non-hydrogen) atoms. The maximum absolute atomic E-state index is 14.2. The van der Waals surface area contributed by atoms with Crippen LogP contribution >= 0.6 is 0 Å². The van der Waals surface area contributed by atoms with E-state index in [4.69, 9.17) is 0 Å². The molecule has 2 aliphatic carbocycles. The minimum absolute atomic E-state index is 0.360. The van der Waals surface area contributed by atoms with Crippen molar-refractivity contribution in [3.63, 3.8) is 0 Å². The van der Waals surface area contributed by atoms with Gasteiger partial charge in [-0.25, -0.2) is 8.78 Å². The van der Waals surface area contributed by atoms with E-state index in [1.807, 2.05) is 6.08 Å². The number of aryl methyl sites for hydroxylation is 1. The summed E-state index contributed by atoms with van der Waals surface area (Å²) in [5, 5.41) is 0. The second-order valence-corrected chi connectivity index (χ2v) is 7.55. The maximum Gasteiger partial charge on any atom is 0.166 e. The zero-order chi connectivity index (χ0) is 17.1. The third-order valence-electron chi connectivity index (χ3n) is 5.91. The number of hydrogen-bond acceptors (Lipinski definition) is 0. The zero-order valence-electron chi connectivity index (χ0n) is 14.8. The lowest BCUT2D eigenvalue weighted by molar-refractivity contribution is 0.221. The molecule has 1 atom stereocenters. The molecular formula is C22H28F2. The van der Waals surface area contributed by atoms with Crippen molar-refractivity contribution in [3.8, 4) is 0 Å². The second kappa shape index (κ2) is 7.63. The fourth-order valence-corrected chi connectivity index (χ4v) is 4.37. The standard InChI is InChI=1S/C22H28F2/c1-3-4-16-6-8-17(9-7-16)18-10-12-19(13-11-18)20-14-5-15(2)21(23)22(20)24/h5,10,12-14,16-18H,3-4,6-9,11H2,1-2H3. The van der Waals surface area contributed by atoms with Crippen LogP contribution in [0.1, 0.15) is 63.0 Å². The van der Waals surface area contributed by atoms with Gasteiger partial charge < -0.3 is 0 Å². The van der Waals surface area contributed by atoms with E-state index in [9.17, 15) is 8.78 Å². The number of benzene rings is 1. The highest BCUT2D eigenvalue weighted by molar-refractivity contribution is 5.75. The van der Waals surface area contributed by atoms with Crippen LogP contribution in [0.15, 0.2) is 30.4 Å². The van der Waals surface area contributed by atoms with E-state index in [2.05, 4.69) is 19.1 Å². The Labute approximate surface area is 144 Å². The van der Waals surface area contributed by atoms with Crippen molar-refractivity contribution in [3.05, 3.63) is 53.1 Å². The molecule has 0 N–H and O–H groups in total. The Morgan fingerprint density at radius 3 is 2.42 bits per heavy atom. The summed E-state index contributed by atoms with van der Waals surface area (Å²) in [6, 6.07) is 3.35. The third-order valence-corrected chi connectivity index (χ3v) is 5.91. The molecule has 0 spiro atoms. The largest absolute Gasteiger partial charge is 0.203 e. The molecule has 0 saturated heterocycles. The average molecular weight is 330 g/mol. The first-order valence-corrected chi connectivity index (χ1v) is 9.43. The van der Waals surface area contributed by atoms with E-state index in [1.165, 1.54) is 38.5 Å². The van der Waals surface area contributed by atoms with Gasteiger partial charge in [0.25, 0.3) is 0 Å². The molecule has 0 aliphatic heterocycles. The monoisotopic (exact) mass is 330 g/mol. The summed E-state index contributed by atoms with van der Waals surface area (Å²) in [4.78, 5) is 0. The molecule has 1 saturated carbocycles. The number of rotatable bonds is 4. The molecule has 2 aliphatic rings. The second-order valence-electron chi connectivity index (χ2n) is 7.55.